The van der Waals surface area contributed by atoms with Crippen molar-refractivity contribution < 1.29 is 4.39 Å². The van der Waals surface area contributed by atoms with Gasteiger partial charge in [0.2, 0.25) is 0 Å². The third-order valence-corrected chi connectivity index (χ3v) is 7.41. The van der Waals surface area contributed by atoms with Crippen molar-refractivity contribution in [3.63, 3.8) is 0 Å². The lowest BCUT2D eigenvalue weighted by molar-refractivity contribution is 0.160. The standard InChI is InChI=1S/C26H39F/c1-2-3-4-6-21-8-12-23(13-9-21)25-16-18-26(19-17-25)24-14-10-22(11-15-24)7-5-20-27/h5,8-9,12-13,20,22,24-26H,2-4,6-7,10-11,14-19H2,1H3. The minimum atomic E-state index is 0.727. The van der Waals surface area contributed by atoms with E-state index in [-0.39, 0.29) is 0 Å². The maximum absolute atomic E-state index is 12.2. The van der Waals surface area contributed by atoms with Gasteiger partial charge in [-0.2, -0.15) is 0 Å². The number of aryl methyl sites for hydroxylation is 1. The molecule has 0 saturated heterocycles. The van der Waals surface area contributed by atoms with Crippen LogP contribution < -0.4 is 0 Å². The van der Waals surface area contributed by atoms with Gasteiger partial charge in [-0.15, -0.1) is 0 Å². The van der Waals surface area contributed by atoms with Crippen molar-refractivity contribution in [2.45, 2.75) is 96.3 Å². The summed E-state index contributed by atoms with van der Waals surface area (Å²) < 4.78 is 12.2. The highest BCUT2D eigenvalue weighted by atomic mass is 19.1. The van der Waals surface area contributed by atoms with E-state index >= 15 is 0 Å². The fourth-order valence-electron chi connectivity index (χ4n) is 5.60. The molecule has 27 heavy (non-hydrogen) atoms. The van der Waals surface area contributed by atoms with Gasteiger partial charge in [-0.1, -0.05) is 50.1 Å². The summed E-state index contributed by atoms with van der Waals surface area (Å²) in [6.45, 7) is 2.27. The summed E-state index contributed by atoms with van der Waals surface area (Å²) in [4.78, 5) is 0. The molecule has 2 saturated carbocycles. The van der Waals surface area contributed by atoms with Crippen LogP contribution in [0.5, 0.6) is 0 Å². The molecule has 0 atom stereocenters. The molecule has 2 aliphatic carbocycles. The molecular weight excluding hydrogens is 331 g/mol. The number of rotatable bonds is 8. The van der Waals surface area contributed by atoms with Gasteiger partial charge in [0.15, 0.2) is 0 Å². The summed E-state index contributed by atoms with van der Waals surface area (Å²) >= 11 is 0. The van der Waals surface area contributed by atoms with E-state index in [1.165, 1.54) is 82.6 Å². The first kappa shape index (κ1) is 20.6. The van der Waals surface area contributed by atoms with Crippen LogP contribution in [0.15, 0.2) is 36.7 Å². The van der Waals surface area contributed by atoms with Crippen LogP contribution in [0.3, 0.4) is 0 Å². The Hall–Kier alpha value is -1.11. The Bertz CT molecular complexity index is 542. The fraction of sp³-hybridized carbons (Fsp3) is 0.692. The van der Waals surface area contributed by atoms with Gasteiger partial charge < -0.3 is 0 Å². The van der Waals surface area contributed by atoms with Crippen LogP contribution in [0.1, 0.15) is 101 Å². The normalized spacial score (nSPS) is 29.3. The Morgan fingerprint density at radius 2 is 1.48 bits per heavy atom. The summed E-state index contributed by atoms with van der Waals surface area (Å²) in [6.07, 6.45) is 19.6. The average Bonchev–Trinajstić information content (AvgIpc) is 2.73. The number of allylic oxidation sites excluding steroid dienone is 1. The van der Waals surface area contributed by atoms with E-state index in [1.807, 2.05) is 0 Å². The van der Waals surface area contributed by atoms with Crippen LogP contribution >= 0.6 is 0 Å². The van der Waals surface area contributed by atoms with Crippen LogP contribution in [0.2, 0.25) is 0 Å². The number of benzene rings is 1. The molecule has 0 unspecified atom stereocenters. The van der Waals surface area contributed by atoms with Crippen molar-refractivity contribution in [2.24, 2.45) is 17.8 Å². The molecule has 0 amide bonds. The first-order valence-electron chi connectivity index (χ1n) is 11.6. The maximum atomic E-state index is 12.2. The summed E-state index contributed by atoms with van der Waals surface area (Å²) in [7, 11) is 0. The summed E-state index contributed by atoms with van der Waals surface area (Å²) in [5, 5.41) is 0. The second-order valence-electron chi connectivity index (χ2n) is 9.19. The monoisotopic (exact) mass is 370 g/mol. The van der Waals surface area contributed by atoms with Crippen LogP contribution in [-0.4, -0.2) is 0 Å². The highest BCUT2D eigenvalue weighted by Crippen LogP contribution is 2.44. The number of hydrogen-bond donors (Lipinski definition) is 0. The number of halogens is 1. The summed E-state index contributed by atoms with van der Waals surface area (Å²) in [6, 6.07) is 9.58. The van der Waals surface area contributed by atoms with Crippen LogP contribution in [0, 0.1) is 17.8 Å². The zero-order valence-corrected chi connectivity index (χ0v) is 17.3. The molecule has 1 heteroatoms. The lowest BCUT2D eigenvalue weighted by atomic mass is 9.68. The van der Waals surface area contributed by atoms with E-state index in [4.69, 9.17) is 0 Å². The number of unbranched alkanes of at least 4 members (excludes halogenated alkanes) is 2. The first-order chi connectivity index (χ1) is 13.3. The molecule has 0 radical (unpaired) electrons. The van der Waals surface area contributed by atoms with E-state index in [1.54, 1.807) is 11.6 Å². The van der Waals surface area contributed by atoms with Crippen LogP contribution in [0.4, 0.5) is 4.39 Å². The van der Waals surface area contributed by atoms with Gasteiger partial charge in [0.25, 0.3) is 0 Å². The Morgan fingerprint density at radius 3 is 2.07 bits per heavy atom. The molecule has 0 spiro atoms. The van der Waals surface area contributed by atoms with Crippen molar-refractivity contribution in [2.75, 3.05) is 0 Å². The van der Waals surface area contributed by atoms with E-state index in [9.17, 15) is 4.39 Å². The van der Waals surface area contributed by atoms with E-state index in [0.29, 0.717) is 0 Å². The van der Waals surface area contributed by atoms with Crippen LogP contribution in [-0.2, 0) is 6.42 Å². The molecule has 0 bridgehead atoms. The number of hydrogen-bond acceptors (Lipinski definition) is 0. The molecule has 0 aromatic heterocycles. The van der Waals surface area contributed by atoms with Gasteiger partial charge >= 0.3 is 0 Å². The second kappa shape index (κ2) is 11.0. The van der Waals surface area contributed by atoms with Gasteiger partial charge in [0.05, 0.1) is 6.33 Å². The third-order valence-electron chi connectivity index (χ3n) is 7.41. The van der Waals surface area contributed by atoms with Crippen molar-refractivity contribution in [1.82, 2.24) is 0 Å². The molecule has 1 aromatic rings. The van der Waals surface area contributed by atoms with Gasteiger partial charge in [0.1, 0.15) is 0 Å². The second-order valence-corrected chi connectivity index (χ2v) is 9.19. The van der Waals surface area contributed by atoms with Gasteiger partial charge in [-0.25, -0.2) is 4.39 Å². The van der Waals surface area contributed by atoms with E-state index < -0.39 is 0 Å². The summed E-state index contributed by atoms with van der Waals surface area (Å²) in [5.41, 5.74) is 3.09. The predicted molar refractivity (Wildman–Crippen MR) is 115 cm³/mol. The minimum Gasteiger partial charge on any atom is -0.216 e. The zero-order valence-electron chi connectivity index (χ0n) is 17.3. The molecule has 1 aromatic carbocycles. The maximum Gasteiger partial charge on any atom is 0.0827 e. The lowest BCUT2D eigenvalue weighted by Gasteiger charge is -2.38. The first-order valence-corrected chi connectivity index (χ1v) is 11.6. The SMILES string of the molecule is CCCCCc1ccc(C2CCC(C3CCC(CC=CF)CC3)CC2)cc1. The third kappa shape index (κ3) is 6.19. The Kier molecular flexibility index (Phi) is 8.42. The molecule has 0 N–H and O–H groups in total. The highest BCUT2D eigenvalue weighted by Gasteiger charge is 2.30. The Morgan fingerprint density at radius 1 is 0.852 bits per heavy atom. The molecule has 0 aliphatic heterocycles. The van der Waals surface area contributed by atoms with E-state index in [0.717, 1.165) is 36.4 Å². The lowest BCUT2D eigenvalue weighted by Crippen LogP contribution is -2.25. The van der Waals surface area contributed by atoms with Crippen molar-refractivity contribution in [1.29, 1.82) is 0 Å². The predicted octanol–water partition coefficient (Wildman–Crippen LogP) is 8.37. The molecule has 0 nitrogen and oxygen atoms in total. The quantitative estimate of drug-likeness (QED) is 0.403. The zero-order chi connectivity index (χ0) is 18.9. The smallest absolute Gasteiger partial charge is 0.0827 e. The van der Waals surface area contributed by atoms with Gasteiger partial charge in [-0.05, 0) is 105 Å². The molecular formula is C26H39F. The van der Waals surface area contributed by atoms with Crippen molar-refractivity contribution in [3.05, 3.63) is 47.8 Å². The molecule has 2 aliphatic rings. The topological polar surface area (TPSA) is 0 Å². The van der Waals surface area contributed by atoms with Crippen molar-refractivity contribution in [3.8, 4) is 0 Å². The van der Waals surface area contributed by atoms with E-state index in [2.05, 4.69) is 31.2 Å². The van der Waals surface area contributed by atoms with Gasteiger partial charge in [0, 0.05) is 0 Å². The fourth-order valence-corrected chi connectivity index (χ4v) is 5.60. The summed E-state index contributed by atoms with van der Waals surface area (Å²) in [5.74, 6) is 3.42. The van der Waals surface area contributed by atoms with Crippen molar-refractivity contribution >= 4 is 0 Å². The Balaban J connectivity index is 1.41. The van der Waals surface area contributed by atoms with Gasteiger partial charge in [-0.3, -0.25) is 0 Å². The minimum absolute atomic E-state index is 0.727. The molecule has 3 rings (SSSR count). The van der Waals surface area contributed by atoms with Crippen LogP contribution in [0.25, 0.3) is 0 Å². The molecule has 0 heterocycles. The average molecular weight is 371 g/mol. The largest absolute Gasteiger partial charge is 0.216 e. The molecule has 150 valence electrons. The molecule has 2 fully saturated rings. The highest BCUT2D eigenvalue weighted by molar-refractivity contribution is 5.26. The Labute approximate surface area is 166 Å².